The molecule has 2 rings (SSSR count). The molecule has 6 heteroatoms. The van der Waals surface area contributed by atoms with Crippen LogP contribution in [0.4, 0.5) is 0 Å². The van der Waals surface area contributed by atoms with Gasteiger partial charge in [0.25, 0.3) is 5.56 Å². The Morgan fingerprint density at radius 1 is 1.16 bits per heavy atom. The second-order valence-corrected chi connectivity index (χ2v) is 4.49. The van der Waals surface area contributed by atoms with Gasteiger partial charge in [0, 0.05) is 32.4 Å². The highest BCUT2D eigenvalue weighted by Crippen LogP contribution is 2.05. The SMILES string of the molecule is Cc1ccc(CNCc2cc(=O)n(C)c(=O)n2C)o1. The Balaban J connectivity index is 2.08. The van der Waals surface area contributed by atoms with Crippen LogP contribution in [-0.2, 0) is 27.2 Å². The van der Waals surface area contributed by atoms with Crippen molar-refractivity contribution in [3.63, 3.8) is 0 Å². The lowest BCUT2D eigenvalue weighted by molar-refractivity contribution is 0.458. The van der Waals surface area contributed by atoms with E-state index in [4.69, 9.17) is 4.42 Å². The molecule has 0 saturated carbocycles. The highest BCUT2D eigenvalue weighted by molar-refractivity contribution is 5.06. The van der Waals surface area contributed by atoms with E-state index < -0.39 is 0 Å². The number of aryl methyl sites for hydroxylation is 1. The van der Waals surface area contributed by atoms with Gasteiger partial charge in [-0.15, -0.1) is 0 Å². The lowest BCUT2D eigenvalue weighted by Gasteiger charge is -2.09. The second kappa shape index (κ2) is 5.27. The minimum Gasteiger partial charge on any atom is -0.465 e. The molecular weight excluding hydrogens is 246 g/mol. The lowest BCUT2D eigenvalue weighted by atomic mass is 10.3. The van der Waals surface area contributed by atoms with E-state index in [0.717, 1.165) is 16.1 Å². The molecule has 102 valence electrons. The first kappa shape index (κ1) is 13.4. The molecule has 0 unspecified atom stereocenters. The molecule has 2 aromatic rings. The van der Waals surface area contributed by atoms with Gasteiger partial charge in [-0.1, -0.05) is 0 Å². The summed E-state index contributed by atoms with van der Waals surface area (Å²) in [5, 5.41) is 3.14. The van der Waals surface area contributed by atoms with Crippen LogP contribution in [0.2, 0.25) is 0 Å². The first-order chi connectivity index (χ1) is 8.99. The van der Waals surface area contributed by atoms with Crippen LogP contribution >= 0.6 is 0 Å². The van der Waals surface area contributed by atoms with E-state index in [1.807, 2.05) is 19.1 Å². The summed E-state index contributed by atoms with van der Waals surface area (Å²) < 4.78 is 7.96. The van der Waals surface area contributed by atoms with Gasteiger partial charge in [-0.3, -0.25) is 13.9 Å². The Bertz CT molecular complexity index is 694. The van der Waals surface area contributed by atoms with Crippen molar-refractivity contribution in [2.45, 2.75) is 20.0 Å². The van der Waals surface area contributed by atoms with Gasteiger partial charge in [0.05, 0.1) is 6.54 Å². The van der Waals surface area contributed by atoms with Crippen LogP contribution in [0, 0.1) is 6.92 Å². The average molecular weight is 263 g/mol. The summed E-state index contributed by atoms with van der Waals surface area (Å²) in [6.07, 6.45) is 0. The standard InChI is InChI=1S/C13H17N3O3/c1-9-4-5-11(19-9)8-14-7-10-6-12(17)16(3)13(18)15(10)2/h4-6,14H,7-8H2,1-3H3. The monoisotopic (exact) mass is 263 g/mol. The topological polar surface area (TPSA) is 69.2 Å². The zero-order chi connectivity index (χ0) is 14.0. The van der Waals surface area contributed by atoms with Gasteiger partial charge in [-0.05, 0) is 19.1 Å². The maximum atomic E-state index is 11.7. The number of aromatic nitrogens is 2. The molecule has 0 aliphatic carbocycles. The van der Waals surface area contributed by atoms with Crippen molar-refractivity contribution in [2.75, 3.05) is 0 Å². The molecule has 0 radical (unpaired) electrons. The number of rotatable bonds is 4. The highest BCUT2D eigenvalue weighted by Gasteiger charge is 2.05. The summed E-state index contributed by atoms with van der Waals surface area (Å²) in [4.78, 5) is 23.3. The normalized spacial score (nSPS) is 10.9. The molecule has 2 aromatic heterocycles. The quantitative estimate of drug-likeness (QED) is 0.860. The predicted molar refractivity (Wildman–Crippen MR) is 70.9 cm³/mol. The molecule has 0 aliphatic rings. The van der Waals surface area contributed by atoms with E-state index in [0.29, 0.717) is 18.8 Å². The highest BCUT2D eigenvalue weighted by atomic mass is 16.3. The minimum atomic E-state index is -0.321. The Morgan fingerprint density at radius 3 is 2.53 bits per heavy atom. The molecular formula is C13H17N3O3. The lowest BCUT2D eigenvalue weighted by Crippen LogP contribution is -2.38. The van der Waals surface area contributed by atoms with Crippen LogP contribution in [0.15, 0.2) is 32.2 Å². The Labute approximate surface area is 110 Å². The van der Waals surface area contributed by atoms with Crippen molar-refractivity contribution in [3.05, 3.63) is 56.3 Å². The zero-order valence-electron chi connectivity index (χ0n) is 11.3. The molecule has 0 saturated heterocycles. The Kier molecular flexibility index (Phi) is 3.71. The molecule has 0 atom stereocenters. The summed E-state index contributed by atoms with van der Waals surface area (Å²) in [6.45, 7) is 2.87. The zero-order valence-corrected chi connectivity index (χ0v) is 11.3. The fraction of sp³-hybridized carbons (Fsp3) is 0.385. The third-order valence-electron chi connectivity index (χ3n) is 3.03. The molecule has 1 N–H and O–H groups in total. The molecule has 19 heavy (non-hydrogen) atoms. The summed E-state index contributed by atoms with van der Waals surface area (Å²) in [5.41, 5.74) is 0.0308. The predicted octanol–water partition coefficient (Wildman–Crippen LogP) is 0.275. The van der Waals surface area contributed by atoms with Crippen molar-refractivity contribution in [1.82, 2.24) is 14.5 Å². The summed E-state index contributed by atoms with van der Waals surface area (Å²) in [6, 6.07) is 5.25. The number of furan rings is 1. The number of hydrogen-bond acceptors (Lipinski definition) is 4. The Hall–Kier alpha value is -2.08. The van der Waals surface area contributed by atoms with Gasteiger partial charge in [0.1, 0.15) is 11.5 Å². The molecule has 2 heterocycles. The third-order valence-corrected chi connectivity index (χ3v) is 3.03. The third kappa shape index (κ3) is 2.85. The number of hydrogen-bond donors (Lipinski definition) is 1. The molecule has 0 spiro atoms. The fourth-order valence-electron chi connectivity index (χ4n) is 1.84. The van der Waals surface area contributed by atoms with Crippen molar-refractivity contribution in [2.24, 2.45) is 14.1 Å². The van der Waals surface area contributed by atoms with E-state index in [9.17, 15) is 9.59 Å². The van der Waals surface area contributed by atoms with Crippen LogP contribution in [0.3, 0.4) is 0 Å². The molecule has 0 fully saturated rings. The average Bonchev–Trinajstić information content (AvgIpc) is 2.79. The van der Waals surface area contributed by atoms with Crippen LogP contribution in [-0.4, -0.2) is 9.13 Å². The van der Waals surface area contributed by atoms with E-state index in [1.54, 1.807) is 7.05 Å². The van der Waals surface area contributed by atoms with Crippen LogP contribution in [0.25, 0.3) is 0 Å². The van der Waals surface area contributed by atoms with Gasteiger partial charge in [-0.2, -0.15) is 0 Å². The second-order valence-electron chi connectivity index (χ2n) is 4.49. The number of nitrogens with one attached hydrogen (secondary N) is 1. The van der Waals surface area contributed by atoms with E-state index in [-0.39, 0.29) is 11.2 Å². The van der Waals surface area contributed by atoms with Crippen LogP contribution in [0.1, 0.15) is 17.2 Å². The van der Waals surface area contributed by atoms with E-state index in [2.05, 4.69) is 5.32 Å². The maximum Gasteiger partial charge on any atom is 0.330 e. The van der Waals surface area contributed by atoms with E-state index in [1.165, 1.54) is 17.7 Å². The molecule has 0 bridgehead atoms. The summed E-state index contributed by atoms with van der Waals surface area (Å²) in [7, 11) is 3.11. The minimum absolute atomic E-state index is 0.297. The molecule has 0 aliphatic heterocycles. The van der Waals surface area contributed by atoms with Crippen LogP contribution in [0.5, 0.6) is 0 Å². The smallest absolute Gasteiger partial charge is 0.330 e. The van der Waals surface area contributed by atoms with Crippen molar-refractivity contribution < 1.29 is 4.42 Å². The molecule has 0 aromatic carbocycles. The van der Waals surface area contributed by atoms with Gasteiger partial charge < -0.3 is 9.73 Å². The van der Waals surface area contributed by atoms with Gasteiger partial charge in [0.15, 0.2) is 0 Å². The van der Waals surface area contributed by atoms with Gasteiger partial charge in [-0.25, -0.2) is 4.79 Å². The van der Waals surface area contributed by atoms with Gasteiger partial charge in [0.2, 0.25) is 0 Å². The fourth-order valence-corrected chi connectivity index (χ4v) is 1.84. The van der Waals surface area contributed by atoms with Crippen molar-refractivity contribution in [3.8, 4) is 0 Å². The first-order valence-corrected chi connectivity index (χ1v) is 6.01. The molecule has 6 nitrogen and oxygen atoms in total. The van der Waals surface area contributed by atoms with Crippen LogP contribution < -0.4 is 16.6 Å². The van der Waals surface area contributed by atoms with Crippen molar-refractivity contribution in [1.29, 1.82) is 0 Å². The van der Waals surface area contributed by atoms with Gasteiger partial charge >= 0.3 is 5.69 Å². The van der Waals surface area contributed by atoms with E-state index >= 15 is 0 Å². The first-order valence-electron chi connectivity index (χ1n) is 6.01. The van der Waals surface area contributed by atoms with Crippen molar-refractivity contribution >= 4 is 0 Å². The largest absolute Gasteiger partial charge is 0.465 e. The Morgan fingerprint density at radius 2 is 1.89 bits per heavy atom. The molecule has 0 amide bonds. The summed E-state index contributed by atoms with van der Waals surface area (Å²) in [5.74, 6) is 1.68. The number of nitrogens with zero attached hydrogens (tertiary/aromatic N) is 2. The summed E-state index contributed by atoms with van der Waals surface area (Å²) >= 11 is 0. The maximum absolute atomic E-state index is 11.7.